The van der Waals surface area contributed by atoms with Gasteiger partial charge in [-0.05, 0) is 31.2 Å². The van der Waals surface area contributed by atoms with Crippen molar-refractivity contribution in [3.05, 3.63) is 70.6 Å². The smallest absolute Gasteiger partial charge is 0.125 e. The van der Waals surface area contributed by atoms with Gasteiger partial charge in [-0.3, -0.25) is 10.4 Å². The van der Waals surface area contributed by atoms with Gasteiger partial charge in [0.2, 0.25) is 0 Å². The molecule has 110 valence electrons. The number of aryl methyl sites for hydroxylation is 1. The van der Waals surface area contributed by atoms with Gasteiger partial charge >= 0.3 is 0 Å². The SMILES string of the molecule is Cc1cc(NN=Cc2ccccc2Cl)c2ccc(F)cc2n1. The second kappa shape index (κ2) is 6.12. The van der Waals surface area contributed by atoms with Crippen molar-refractivity contribution in [3.63, 3.8) is 0 Å². The van der Waals surface area contributed by atoms with Gasteiger partial charge in [-0.15, -0.1) is 0 Å². The maximum atomic E-state index is 13.3. The quantitative estimate of drug-likeness (QED) is 0.558. The van der Waals surface area contributed by atoms with E-state index in [4.69, 9.17) is 11.6 Å². The highest BCUT2D eigenvalue weighted by molar-refractivity contribution is 6.33. The molecule has 0 aliphatic carbocycles. The van der Waals surface area contributed by atoms with Crippen LogP contribution >= 0.6 is 11.6 Å². The summed E-state index contributed by atoms with van der Waals surface area (Å²) in [4.78, 5) is 4.32. The second-order valence-electron chi connectivity index (χ2n) is 4.86. The molecule has 3 rings (SSSR count). The number of benzene rings is 2. The van der Waals surface area contributed by atoms with Crippen LogP contribution in [0.15, 0.2) is 53.6 Å². The lowest BCUT2D eigenvalue weighted by Gasteiger charge is -2.07. The molecule has 0 spiro atoms. The van der Waals surface area contributed by atoms with Crippen molar-refractivity contribution in [1.82, 2.24) is 4.98 Å². The standard InChI is InChI=1S/C17H13ClFN3/c1-11-8-17(14-7-6-13(19)9-16(14)21-11)22-20-10-12-4-2-3-5-15(12)18/h2-10H,1H3,(H,21,22). The Morgan fingerprint density at radius 3 is 2.82 bits per heavy atom. The van der Waals surface area contributed by atoms with Crippen LogP contribution in [0.5, 0.6) is 0 Å². The lowest BCUT2D eigenvalue weighted by molar-refractivity contribution is 0.629. The van der Waals surface area contributed by atoms with E-state index in [1.807, 2.05) is 31.2 Å². The summed E-state index contributed by atoms with van der Waals surface area (Å²) in [5.41, 5.74) is 5.94. The molecule has 0 saturated heterocycles. The van der Waals surface area contributed by atoms with Crippen LogP contribution in [0, 0.1) is 12.7 Å². The molecule has 1 heterocycles. The van der Waals surface area contributed by atoms with Crippen molar-refractivity contribution in [2.45, 2.75) is 6.92 Å². The number of hydrogen-bond acceptors (Lipinski definition) is 3. The molecule has 0 aliphatic heterocycles. The Labute approximate surface area is 132 Å². The molecule has 0 radical (unpaired) electrons. The number of halogens is 2. The molecular formula is C17H13ClFN3. The highest BCUT2D eigenvalue weighted by Crippen LogP contribution is 2.24. The normalized spacial score (nSPS) is 11.2. The zero-order valence-electron chi connectivity index (χ0n) is 11.8. The molecule has 0 aliphatic rings. The van der Waals surface area contributed by atoms with E-state index in [-0.39, 0.29) is 5.82 Å². The van der Waals surface area contributed by atoms with Crippen molar-refractivity contribution in [2.75, 3.05) is 5.43 Å². The minimum Gasteiger partial charge on any atom is -0.278 e. The molecule has 3 aromatic rings. The Bertz CT molecular complexity index is 856. The fourth-order valence-corrected chi connectivity index (χ4v) is 2.36. The van der Waals surface area contributed by atoms with Gasteiger partial charge < -0.3 is 0 Å². The van der Waals surface area contributed by atoms with E-state index in [0.717, 1.165) is 22.3 Å². The molecule has 5 heteroatoms. The molecule has 0 amide bonds. The van der Waals surface area contributed by atoms with Crippen molar-refractivity contribution in [3.8, 4) is 0 Å². The number of pyridine rings is 1. The fourth-order valence-electron chi connectivity index (χ4n) is 2.18. The van der Waals surface area contributed by atoms with E-state index >= 15 is 0 Å². The summed E-state index contributed by atoms with van der Waals surface area (Å²) in [5, 5.41) is 5.64. The van der Waals surface area contributed by atoms with Gasteiger partial charge in [0.05, 0.1) is 17.4 Å². The first-order valence-electron chi connectivity index (χ1n) is 6.74. The minimum atomic E-state index is -0.309. The van der Waals surface area contributed by atoms with E-state index in [1.165, 1.54) is 12.1 Å². The predicted octanol–water partition coefficient (Wildman–Crippen LogP) is 4.78. The molecule has 0 bridgehead atoms. The van der Waals surface area contributed by atoms with E-state index in [2.05, 4.69) is 15.5 Å². The predicted molar refractivity (Wildman–Crippen MR) is 89.1 cm³/mol. The summed E-state index contributed by atoms with van der Waals surface area (Å²) < 4.78 is 13.3. The number of rotatable bonds is 3. The molecule has 0 saturated carbocycles. The van der Waals surface area contributed by atoms with Gasteiger partial charge in [0.25, 0.3) is 0 Å². The molecule has 2 aromatic carbocycles. The first kappa shape index (κ1) is 14.5. The number of hydrogen-bond donors (Lipinski definition) is 1. The highest BCUT2D eigenvalue weighted by atomic mass is 35.5. The van der Waals surface area contributed by atoms with E-state index in [0.29, 0.717) is 10.5 Å². The Hall–Kier alpha value is -2.46. The van der Waals surface area contributed by atoms with Gasteiger partial charge in [-0.1, -0.05) is 29.8 Å². The Morgan fingerprint density at radius 1 is 1.18 bits per heavy atom. The topological polar surface area (TPSA) is 37.3 Å². The van der Waals surface area contributed by atoms with Gasteiger partial charge in [0, 0.05) is 27.7 Å². The van der Waals surface area contributed by atoms with Crippen LogP contribution in [-0.2, 0) is 0 Å². The lowest BCUT2D eigenvalue weighted by Crippen LogP contribution is -1.95. The molecule has 3 nitrogen and oxygen atoms in total. The number of nitrogens with one attached hydrogen (secondary N) is 1. The lowest BCUT2D eigenvalue weighted by atomic mass is 10.1. The van der Waals surface area contributed by atoms with Crippen LogP contribution in [0.4, 0.5) is 10.1 Å². The third kappa shape index (κ3) is 3.07. The van der Waals surface area contributed by atoms with Crippen molar-refractivity contribution in [1.29, 1.82) is 0 Å². The van der Waals surface area contributed by atoms with Gasteiger partial charge in [0.15, 0.2) is 0 Å². The Balaban J connectivity index is 1.92. The number of hydrazone groups is 1. The Kier molecular flexibility index (Phi) is 4.02. The van der Waals surface area contributed by atoms with Gasteiger partial charge in [0.1, 0.15) is 5.82 Å². The van der Waals surface area contributed by atoms with Gasteiger partial charge in [-0.25, -0.2) is 4.39 Å². The minimum absolute atomic E-state index is 0.309. The first-order valence-corrected chi connectivity index (χ1v) is 7.12. The summed E-state index contributed by atoms with van der Waals surface area (Å²) in [6.07, 6.45) is 1.65. The van der Waals surface area contributed by atoms with Crippen molar-refractivity contribution in [2.24, 2.45) is 5.10 Å². The monoisotopic (exact) mass is 313 g/mol. The maximum Gasteiger partial charge on any atom is 0.125 e. The first-order chi connectivity index (χ1) is 10.6. The molecule has 0 fully saturated rings. The van der Waals surface area contributed by atoms with Crippen LogP contribution in [0.3, 0.4) is 0 Å². The zero-order chi connectivity index (χ0) is 15.5. The zero-order valence-corrected chi connectivity index (χ0v) is 12.6. The van der Waals surface area contributed by atoms with Crippen LogP contribution in [0.1, 0.15) is 11.3 Å². The molecule has 22 heavy (non-hydrogen) atoms. The summed E-state index contributed by atoms with van der Waals surface area (Å²) in [7, 11) is 0. The third-order valence-electron chi connectivity index (χ3n) is 3.19. The number of nitrogens with zero attached hydrogens (tertiary/aromatic N) is 2. The summed E-state index contributed by atoms with van der Waals surface area (Å²) in [6.45, 7) is 1.85. The molecular weight excluding hydrogens is 301 g/mol. The van der Waals surface area contributed by atoms with Crippen LogP contribution < -0.4 is 5.43 Å². The van der Waals surface area contributed by atoms with E-state index < -0.39 is 0 Å². The summed E-state index contributed by atoms with van der Waals surface area (Å²) in [5.74, 6) is -0.309. The van der Waals surface area contributed by atoms with E-state index in [9.17, 15) is 4.39 Å². The van der Waals surface area contributed by atoms with Crippen LogP contribution in [0.25, 0.3) is 10.9 Å². The maximum absolute atomic E-state index is 13.3. The van der Waals surface area contributed by atoms with Crippen LogP contribution in [0.2, 0.25) is 5.02 Å². The van der Waals surface area contributed by atoms with Gasteiger partial charge in [-0.2, -0.15) is 5.10 Å². The van der Waals surface area contributed by atoms with E-state index in [1.54, 1.807) is 18.3 Å². The molecule has 0 unspecified atom stereocenters. The molecule has 0 atom stereocenters. The summed E-state index contributed by atoms with van der Waals surface area (Å²) >= 11 is 6.07. The van der Waals surface area contributed by atoms with Crippen LogP contribution in [-0.4, -0.2) is 11.2 Å². The number of aromatic nitrogens is 1. The average Bonchev–Trinajstić information content (AvgIpc) is 2.48. The number of fused-ring (bicyclic) bond motifs is 1. The fraction of sp³-hybridized carbons (Fsp3) is 0.0588. The number of anilines is 1. The molecule has 1 N–H and O–H groups in total. The summed E-state index contributed by atoms with van der Waals surface area (Å²) in [6, 6.07) is 13.8. The van der Waals surface area contributed by atoms with Crippen molar-refractivity contribution >= 4 is 34.4 Å². The van der Waals surface area contributed by atoms with Crippen molar-refractivity contribution < 1.29 is 4.39 Å². The largest absolute Gasteiger partial charge is 0.278 e. The Morgan fingerprint density at radius 2 is 2.00 bits per heavy atom. The second-order valence-corrected chi connectivity index (χ2v) is 5.27. The molecule has 1 aromatic heterocycles. The average molecular weight is 314 g/mol. The highest BCUT2D eigenvalue weighted by Gasteiger charge is 2.04. The third-order valence-corrected chi connectivity index (χ3v) is 3.54.